The molecule has 31 heavy (non-hydrogen) atoms. The fourth-order valence-electron chi connectivity index (χ4n) is 3.23. The Morgan fingerprint density at radius 2 is 1.42 bits per heavy atom. The molecule has 0 atom stereocenters. The van der Waals surface area contributed by atoms with Gasteiger partial charge in [-0.3, -0.25) is 4.79 Å². The Morgan fingerprint density at radius 3 is 2.00 bits per heavy atom. The third-order valence-electron chi connectivity index (χ3n) is 4.92. The number of aliphatic carboxylic acids is 1. The average Bonchev–Trinajstić information content (AvgIpc) is 2.81. The summed E-state index contributed by atoms with van der Waals surface area (Å²) in [6.45, 7) is 0.497. The number of aromatic nitrogens is 1. The number of ether oxygens (including phenoxy) is 3. The van der Waals surface area contributed by atoms with Crippen molar-refractivity contribution in [1.82, 2.24) is 4.98 Å². The fraction of sp³-hybridized carbons (Fsp3) is 0.280. The molecule has 0 unspecified atom stereocenters. The van der Waals surface area contributed by atoms with Crippen LogP contribution in [0.5, 0.6) is 17.4 Å². The van der Waals surface area contributed by atoms with Gasteiger partial charge in [-0.05, 0) is 67.3 Å². The molecule has 0 fully saturated rings. The normalized spacial score (nSPS) is 10.5. The minimum atomic E-state index is -0.763. The Kier molecular flexibility index (Phi) is 7.87. The molecule has 162 valence electrons. The number of hydrogen-bond donors (Lipinski definition) is 1. The summed E-state index contributed by atoms with van der Waals surface area (Å²) in [4.78, 5) is 15.4. The van der Waals surface area contributed by atoms with Gasteiger partial charge in [0, 0.05) is 23.6 Å². The number of nitrogens with zero attached hydrogens (tertiary/aromatic N) is 1. The van der Waals surface area contributed by atoms with Gasteiger partial charge in [-0.2, -0.15) is 0 Å². The van der Waals surface area contributed by atoms with Crippen molar-refractivity contribution in [2.45, 2.75) is 25.7 Å². The molecule has 1 N–H and O–H groups in total. The van der Waals surface area contributed by atoms with Crippen molar-refractivity contribution < 1.29 is 24.1 Å². The molecule has 0 spiro atoms. The van der Waals surface area contributed by atoms with Gasteiger partial charge in [-0.25, -0.2) is 4.98 Å². The van der Waals surface area contributed by atoms with Gasteiger partial charge in [-0.1, -0.05) is 12.1 Å². The number of pyridine rings is 1. The topological polar surface area (TPSA) is 77.9 Å². The van der Waals surface area contributed by atoms with Crippen LogP contribution < -0.4 is 14.2 Å². The maximum atomic E-state index is 10.6. The molecule has 2 aromatic carbocycles. The summed E-state index contributed by atoms with van der Waals surface area (Å²) in [6, 6.07) is 19.5. The number of hydrogen-bond acceptors (Lipinski definition) is 5. The highest BCUT2D eigenvalue weighted by atomic mass is 16.5. The zero-order valence-corrected chi connectivity index (χ0v) is 17.8. The molecule has 0 radical (unpaired) electrons. The zero-order valence-electron chi connectivity index (χ0n) is 17.8. The van der Waals surface area contributed by atoms with Crippen LogP contribution in [-0.4, -0.2) is 36.9 Å². The molecule has 1 aromatic heterocycles. The second-order valence-electron chi connectivity index (χ2n) is 7.06. The van der Waals surface area contributed by atoms with E-state index in [2.05, 4.69) is 0 Å². The van der Waals surface area contributed by atoms with Gasteiger partial charge in [0.15, 0.2) is 0 Å². The molecule has 0 bridgehead atoms. The summed E-state index contributed by atoms with van der Waals surface area (Å²) >= 11 is 0. The first-order chi connectivity index (χ1) is 15.1. The van der Waals surface area contributed by atoms with E-state index in [1.807, 2.05) is 60.7 Å². The second-order valence-corrected chi connectivity index (χ2v) is 7.06. The highest BCUT2D eigenvalue weighted by molar-refractivity contribution is 5.81. The van der Waals surface area contributed by atoms with E-state index in [0.29, 0.717) is 18.9 Å². The van der Waals surface area contributed by atoms with Crippen molar-refractivity contribution in [2.75, 3.05) is 20.8 Å². The van der Waals surface area contributed by atoms with Crippen LogP contribution in [0.3, 0.4) is 0 Å². The lowest BCUT2D eigenvalue weighted by Gasteiger charge is -2.13. The third kappa shape index (κ3) is 6.22. The Labute approximate surface area is 182 Å². The first-order valence-electron chi connectivity index (χ1n) is 10.2. The highest BCUT2D eigenvalue weighted by Gasteiger charge is 2.12. The summed E-state index contributed by atoms with van der Waals surface area (Å²) in [5, 5.41) is 8.71. The molecule has 6 heteroatoms. The molecule has 3 aromatic rings. The largest absolute Gasteiger partial charge is 0.497 e. The minimum absolute atomic E-state index is 0.191. The van der Waals surface area contributed by atoms with Crippen molar-refractivity contribution in [3.8, 4) is 39.8 Å². The maximum Gasteiger partial charge on any atom is 0.303 e. The molecule has 6 nitrogen and oxygen atoms in total. The lowest BCUT2D eigenvalue weighted by molar-refractivity contribution is -0.137. The van der Waals surface area contributed by atoms with Crippen molar-refractivity contribution in [2.24, 2.45) is 0 Å². The van der Waals surface area contributed by atoms with Crippen LogP contribution >= 0.6 is 0 Å². The number of carbonyl (C=O) groups is 1. The van der Waals surface area contributed by atoms with E-state index < -0.39 is 5.97 Å². The number of methoxy groups -OCH3 is 2. The van der Waals surface area contributed by atoms with Gasteiger partial charge in [-0.15, -0.1) is 0 Å². The highest BCUT2D eigenvalue weighted by Crippen LogP contribution is 2.34. The number of unbranched alkanes of at least 4 members (excludes halogenated alkanes) is 2. The Morgan fingerprint density at radius 1 is 0.806 bits per heavy atom. The van der Waals surface area contributed by atoms with Crippen LogP contribution in [0.15, 0.2) is 60.7 Å². The number of rotatable bonds is 11. The van der Waals surface area contributed by atoms with Crippen molar-refractivity contribution in [3.63, 3.8) is 0 Å². The van der Waals surface area contributed by atoms with Crippen LogP contribution in [0.4, 0.5) is 0 Å². The van der Waals surface area contributed by atoms with E-state index in [-0.39, 0.29) is 6.42 Å². The van der Waals surface area contributed by atoms with Crippen LogP contribution in [0.2, 0.25) is 0 Å². The maximum absolute atomic E-state index is 10.6. The SMILES string of the molecule is COc1ccc(-c2ccc(OCCCCCC(=O)O)nc2-c2ccc(OC)cc2)cc1. The van der Waals surface area contributed by atoms with Gasteiger partial charge < -0.3 is 19.3 Å². The predicted octanol–water partition coefficient (Wildman–Crippen LogP) is 5.46. The molecule has 0 saturated heterocycles. The summed E-state index contributed by atoms with van der Waals surface area (Å²) in [5.41, 5.74) is 3.79. The lowest BCUT2D eigenvalue weighted by atomic mass is 9.99. The predicted molar refractivity (Wildman–Crippen MR) is 120 cm³/mol. The summed E-state index contributed by atoms with van der Waals surface area (Å²) in [5.74, 6) is 1.36. The van der Waals surface area contributed by atoms with E-state index in [0.717, 1.165) is 46.7 Å². The van der Waals surface area contributed by atoms with E-state index >= 15 is 0 Å². The average molecular weight is 421 g/mol. The van der Waals surface area contributed by atoms with E-state index in [4.69, 9.17) is 24.3 Å². The number of carboxylic acid groups (broad SMARTS) is 1. The third-order valence-corrected chi connectivity index (χ3v) is 4.92. The first kappa shape index (κ1) is 22.2. The van der Waals surface area contributed by atoms with E-state index in [1.54, 1.807) is 14.2 Å². The van der Waals surface area contributed by atoms with Gasteiger partial charge in [0.05, 0.1) is 26.5 Å². The van der Waals surface area contributed by atoms with Crippen LogP contribution in [0.25, 0.3) is 22.4 Å². The monoisotopic (exact) mass is 421 g/mol. The first-order valence-corrected chi connectivity index (χ1v) is 10.2. The Hall–Kier alpha value is -3.54. The Balaban J connectivity index is 1.81. The van der Waals surface area contributed by atoms with Crippen molar-refractivity contribution >= 4 is 5.97 Å². The smallest absolute Gasteiger partial charge is 0.303 e. The second kappa shape index (κ2) is 11.0. The molecule has 1 heterocycles. The molecular weight excluding hydrogens is 394 g/mol. The molecule has 0 aliphatic heterocycles. The zero-order chi connectivity index (χ0) is 22.1. The number of carboxylic acids is 1. The van der Waals surface area contributed by atoms with Crippen LogP contribution in [-0.2, 0) is 4.79 Å². The van der Waals surface area contributed by atoms with Crippen molar-refractivity contribution in [1.29, 1.82) is 0 Å². The van der Waals surface area contributed by atoms with Gasteiger partial charge in [0.2, 0.25) is 5.88 Å². The molecule has 0 saturated carbocycles. The lowest BCUT2D eigenvalue weighted by Crippen LogP contribution is -2.01. The fourth-order valence-corrected chi connectivity index (χ4v) is 3.23. The summed E-state index contributed by atoms with van der Waals surface area (Å²) < 4.78 is 16.4. The minimum Gasteiger partial charge on any atom is -0.497 e. The molecule has 3 rings (SSSR count). The van der Waals surface area contributed by atoms with Crippen molar-refractivity contribution in [3.05, 3.63) is 60.7 Å². The Bertz CT molecular complexity index is 984. The molecule has 0 aliphatic rings. The van der Waals surface area contributed by atoms with Crippen LogP contribution in [0.1, 0.15) is 25.7 Å². The standard InChI is InChI=1S/C25H27NO5/c1-29-20-11-7-18(8-12-20)22-15-16-23(31-17-5-3-4-6-24(27)28)26-25(22)19-9-13-21(30-2)14-10-19/h7-16H,3-6,17H2,1-2H3,(H,27,28). The molecule has 0 aliphatic carbocycles. The summed E-state index contributed by atoms with van der Waals surface area (Å²) in [6.07, 6.45) is 2.44. The van der Waals surface area contributed by atoms with Gasteiger partial charge in [0.1, 0.15) is 11.5 Å². The number of benzene rings is 2. The quantitative estimate of drug-likeness (QED) is 0.415. The molecular formula is C25H27NO5. The van der Waals surface area contributed by atoms with E-state index in [1.165, 1.54) is 0 Å². The van der Waals surface area contributed by atoms with Gasteiger partial charge >= 0.3 is 5.97 Å². The molecule has 0 amide bonds. The van der Waals surface area contributed by atoms with Crippen LogP contribution in [0, 0.1) is 0 Å². The summed E-state index contributed by atoms with van der Waals surface area (Å²) in [7, 11) is 3.29. The van der Waals surface area contributed by atoms with E-state index in [9.17, 15) is 4.79 Å². The van der Waals surface area contributed by atoms with Gasteiger partial charge in [0.25, 0.3) is 0 Å².